The molecule has 0 amide bonds. The fraction of sp³-hybridized carbons (Fsp3) is 0.381. The first-order chi connectivity index (χ1) is 12.1. The Morgan fingerprint density at radius 3 is 2.72 bits per heavy atom. The van der Waals surface area contributed by atoms with Crippen molar-refractivity contribution in [2.45, 2.75) is 37.7 Å². The summed E-state index contributed by atoms with van der Waals surface area (Å²) in [4.78, 5) is 0. The van der Waals surface area contributed by atoms with Crippen LogP contribution in [0.4, 0.5) is 4.39 Å². The molecule has 2 fully saturated rings. The van der Waals surface area contributed by atoms with Gasteiger partial charge in [0.15, 0.2) is 0 Å². The molecule has 3 nitrogen and oxygen atoms in total. The van der Waals surface area contributed by atoms with E-state index in [9.17, 15) is 9.50 Å². The van der Waals surface area contributed by atoms with E-state index in [1.807, 2.05) is 10.9 Å². The number of halogens is 1. The first-order valence-corrected chi connectivity index (χ1v) is 8.81. The van der Waals surface area contributed by atoms with Crippen molar-refractivity contribution >= 4 is 6.08 Å². The minimum Gasteiger partial charge on any atom is -0.377 e. The van der Waals surface area contributed by atoms with Gasteiger partial charge in [-0.1, -0.05) is 11.5 Å². The van der Waals surface area contributed by atoms with E-state index in [0.29, 0.717) is 12.3 Å². The summed E-state index contributed by atoms with van der Waals surface area (Å²) in [5, 5.41) is 15.7. The highest BCUT2D eigenvalue weighted by Gasteiger charge is 2.63. The van der Waals surface area contributed by atoms with Gasteiger partial charge in [-0.05, 0) is 73.9 Å². The van der Waals surface area contributed by atoms with E-state index < -0.39 is 5.60 Å². The second kappa shape index (κ2) is 4.83. The Bertz CT molecular complexity index is 932. The molecular weight excluding hydrogens is 315 g/mol. The van der Waals surface area contributed by atoms with Crippen molar-refractivity contribution in [3.8, 4) is 18.0 Å². The van der Waals surface area contributed by atoms with Crippen LogP contribution in [0.25, 0.3) is 11.8 Å². The maximum Gasteiger partial charge on any atom is 0.135 e. The van der Waals surface area contributed by atoms with Gasteiger partial charge < -0.3 is 5.11 Å². The lowest BCUT2D eigenvalue weighted by Crippen LogP contribution is -2.47. The third-order valence-electron chi connectivity index (χ3n) is 6.32. The smallest absolute Gasteiger partial charge is 0.135 e. The third kappa shape index (κ3) is 1.88. The average Bonchev–Trinajstić information content (AvgIpc) is 3.34. The second-order valence-electron chi connectivity index (χ2n) is 7.54. The molecule has 1 heterocycles. The zero-order chi connectivity index (χ0) is 17.2. The van der Waals surface area contributed by atoms with Gasteiger partial charge in [-0.25, -0.2) is 9.07 Å². The van der Waals surface area contributed by atoms with Crippen LogP contribution in [-0.4, -0.2) is 20.5 Å². The predicted octanol–water partition coefficient (Wildman–Crippen LogP) is 3.51. The van der Waals surface area contributed by atoms with Crippen molar-refractivity contribution < 1.29 is 9.50 Å². The zero-order valence-electron chi connectivity index (χ0n) is 13.9. The summed E-state index contributed by atoms with van der Waals surface area (Å²) in [6, 6.07) is 6.35. The van der Waals surface area contributed by atoms with Crippen LogP contribution in [0.5, 0.6) is 0 Å². The molecule has 4 heteroatoms. The SMILES string of the molecule is C#C[C@]1(O)CCC2=Cc3c(cnn3-c3ccc(F)cc3)C[C@@]21C1CC1. The molecule has 0 radical (unpaired) electrons. The Morgan fingerprint density at radius 2 is 2.04 bits per heavy atom. The average molecular weight is 334 g/mol. The first-order valence-electron chi connectivity index (χ1n) is 8.81. The molecule has 0 bridgehead atoms. The summed E-state index contributed by atoms with van der Waals surface area (Å²) in [7, 11) is 0. The fourth-order valence-corrected chi connectivity index (χ4v) is 4.94. The minimum atomic E-state index is -1.06. The van der Waals surface area contributed by atoms with Crippen molar-refractivity contribution in [3.05, 3.63) is 53.1 Å². The highest BCUT2D eigenvalue weighted by Crippen LogP contribution is 2.65. The van der Waals surface area contributed by atoms with Crippen LogP contribution >= 0.6 is 0 Å². The Kier molecular flexibility index (Phi) is 2.88. The number of terminal acetylenes is 1. The van der Waals surface area contributed by atoms with Crippen molar-refractivity contribution in [2.75, 3.05) is 0 Å². The lowest BCUT2D eigenvalue weighted by atomic mass is 9.63. The molecule has 1 aromatic carbocycles. The molecule has 25 heavy (non-hydrogen) atoms. The largest absolute Gasteiger partial charge is 0.377 e. The number of hydrogen-bond donors (Lipinski definition) is 1. The number of benzene rings is 1. The van der Waals surface area contributed by atoms with Crippen LogP contribution in [0.3, 0.4) is 0 Å². The molecule has 2 aromatic rings. The summed E-state index contributed by atoms with van der Waals surface area (Å²) < 4.78 is 15.1. The van der Waals surface area contributed by atoms with Crippen molar-refractivity contribution in [2.24, 2.45) is 11.3 Å². The fourth-order valence-electron chi connectivity index (χ4n) is 4.94. The number of rotatable bonds is 2. The van der Waals surface area contributed by atoms with Gasteiger partial charge in [0.05, 0.1) is 17.6 Å². The topological polar surface area (TPSA) is 38.1 Å². The normalized spacial score (nSPS) is 30.4. The minimum absolute atomic E-state index is 0.259. The third-order valence-corrected chi connectivity index (χ3v) is 6.32. The van der Waals surface area contributed by atoms with Crippen LogP contribution in [-0.2, 0) is 6.42 Å². The lowest BCUT2D eigenvalue weighted by molar-refractivity contribution is -0.00845. The van der Waals surface area contributed by atoms with E-state index in [2.05, 4.69) is 17.1 Å². The molecule has 3 aliphatic carbocycles. The Labute approximate surface area is 146 Å². The van der Waals surface area contributed by atoms with Crippen molar-refractivity contribution in [3.63, 3.8) is 0 Å². The van der Waals surface area contributed by atoms with Gasteiger partial charge in [0.2, 0.25) is 0 Å². The number of aliphatic hydroxyl groups is 1. The number of hydrogen-bond acceptors (Lipinski definition) is 2. The van der Waals surface area contributed by atoms with Crippen molar-refractivity contribution in [1.82, 2.24) is 9.78 Å². The molecular formula is C21H19FN2O. The van der Waals surface area contributed by atoms with E-state index in [0.717, 1.165) is 42.6 Å². The van der Waals surface area contributed by atoms with E-state index in [-0.39, 0.29) is 11.2 Å². The molecule has 2 atom stereocenters. The van der Waals surface area contributed by atoms with Crippen molar-refractivity contribution in [1.29, 1.82) is 0 Å². The summed E-state index contributed by atoms with van der Waals surface area (Å²) in [6.45, 7) is 0. The molecule has 0 aliphatic heterocycles. The monoisotopic (exact) mass is 334 g/mol. The molecule has 0 saturated heterocycles. The van der Waals surface area contributed by atoms with Crippen LogP contribution in [0, 0.1) is 29.5 Å². The van der Waals surface area contributed by atoms with E-state index in [1.54, 1.807) is 12.1 Å². The first kappa shape index (κ1) is 14.9. The standard InChI is InChI=1S/C21H19FN2O/c1-2-20(25)10-9-16-11-19-14(12-21(16,20)15-3-4-15)13-23-24(19)18-7-5-17(22)6-8-18/h1,5-8,11,13,15,25H,3-4,9-10,12H2/t20-,21+/m0/s1. The molecule has 1 N–H and O–H groups in total. The molecule has 5 rings (SSSR count). The van der Waals surface area contributed by atoms with Gasteiger partial charge >= 0.3 is 0 Å². The quantitative estimate of drug-likeness (QED) is 0.854. The summed E-state index contributed by atoms with van der Waals surface area (Å²) in [6.07, 6.45) is 14.3. The zero-order valence-corrected chi connectivity index (χ0v) is 13.9. The van der Waals surface area contributed by atoms with E-state index in [1.165, 1.54) is 17.7 Å². The summed E-state index contributed by atoms with van der Waals surface area (Å²) >= 11 is 0. The summed E-state index contributed by atoms with van der Waals surface area (Å²) in [5.41, 5.74) is 2.84. The Balaban J connectivity index is 1.65. The maximum atomic E-state index is 13.2. The molecule has 2 saturated carbocycles. The van der Waals surface area contributed by atoms with Crippen LogP contribution < -0.4 is 0 Å². The molecule has 126 valence electrons. The lowest BCUT2D eigenvalue weighted by Gasteiger charge is -2.42. The molecule has 3 aliphatic rings. The van der Waals surface area contributed by atoms with Gasteiger partial charge in [0.1, 0.15) is 11.4 Å². The van der Waals surface area contributed by atoms with Gasteiger partial charge in [0, 0.05) is 5.41 Å². The van der Waals surface area contributed by atoms with Crippen LogP contribution in [0.15, 0.2) is 36.0 Å². The predicted molar refractivity (Wildman–Crippen MR) is 93.4 cm³/mol. The summed E-state index contributed by atoms with van der Waals surface area (Å²) in [5.74, 6) is 2.93. The van der Waals surface area contributed by atoms with Gasteiger partial charge in [-0.3, -0.25) is 0 Å². The Hall–Kier alpha value is -2.38. The van der Waals surface area contributed by atoms with Crippen LogP contribution in [0.1, 0.15) is 36.9 Å². The highest BCUT2D eigenvalue weighted by atomic mass is 19.1. The van der Waals surface area contributed by atoms with Crippen LogP contribution in [0.2, 0.25) is 0 Å². The van der Waals surface area contributed by atoms with Gasteiger partial charge in [0.25, 0.3) is 0 Å². The van der Waals surface area contributed by atoms with Gasteiger partial charge in [-0.15, -0.1) is 6.42 Å². The molecule has 0 unspecified atom stereocenters. The maximum absolute atomic E-state index is 13.2. The highest BCUT2D eigenvalue weighted by molar-refractivity contribution is 5.64. The van der Waals surface area contributed by atoms with E-state index >= 15 is 0 Å². The number of nitrogens with zero attached hydrogens (tertiary/aromatic N) is 2. The molecule has 1 aromatic heterocycles. The van der Waals surface area contributed by atoms with E-state index in [4.69, 9.17) is 6.42 Å². The number of aromatic nitrogens is 2. The second-order valence-corrected chi connectivity index (χ2v) is 7.54. The number of fused-ring (bicyclic) bond motifs is 2. The Morgan fingerprint density at radius 1 is 1.28 bits per heavy atom. The van der Waals surface area contributed by atoms with Gasteiger partial charge in [-0.2, -0.15) is 5.10 Å². The molecule has 0 spiro atoms.